The smallest absolute Gasteiger partial charge is 0.383 e. The van der Waals surface area contributed by atoms with Gasteiger partial charge in [0.1, 0.15) is 6.10 Å². The van der Waals surface area contributed by atoms with Gasteiger partial charge >= 0.3 is 7.82 Å². The highest BCUT2D eigenvalue weighted by Gasteiger charge is 2.35. The summed E-state index contributed by atoms with van der Waals surface area (Å²) in [6.45, 7) is 2.41. The summed E-state index contributed by atoms with van der Waals surface area (Å²) in [5.41, 5.74) is -1.21. The van der Waals surface area contributed by atoms with Gasteiger partial charge in [-0.25, -0.2) is 4.57 Å². The summed E-state index contributed by atoms with van der Waals surface area (Å²) < 4.78 is 15.1. The second-order valence-corrected chi connectivity index (χ2v) is 8.35. The molecular weight excluding hydrogens is 369 g/mol. The first-order valence-electron chi connectivity index (χ1n) is 7.43. The molecule has 0 aliphatic rings. The Kier molecular flexibility index (Phi) is 8.27. The van der Waals surface area contributed by atoms with Gasteiger partial charge in [0.15, 0.2) is 5.12 Å². The van der Waals surface area contributed by atoms with Crippen LogP contribution in [-0.2, 0) is 18.7 Å². The SMILES string of the molecule is CC(C)(COP(=O)(O)O)[C@@H](O)C(=O)NCCC(=O)Sc1ccccc1. The standard InChI is InChI=1S/C15H22NO7PS/c1-15(2,10-23-24(20,21)22)13(18)14(19)16-9-8-12(17)25-11-6-4-3-5-7-11/h3-7,13,18H,8-10H2,1-2H3,(H,16,19)(H2,20,21,22)/t13-/m0/s1. The molecule has 1 atom stereocenters. The number of amides is 1. The Hall–Kier alpha value is -1.22. The fraction of sp³-hybridized carbons (Fsp3) is 0.467. The normalized spacial score (nSPS) is 13.3. The van der Waals surface area contributed by atoms with Gasteiger partial charge in [0, 0.05) is 23.3 Å². The van der Waals surface area contributed by atoms with Crippen LogP contribution in [0.25, 0.3) is 0 Å². The molecule has 1 aromatic rings. The van der Waals surface area contributed by atoms with Gasteiger partial charge < -0.3 is 20.2 Å². The van der Waals surface area contributed by atoms with E-state index in [1.54, 1.807) is 12.1 Å². The summed E-state index contributed by atoms with van der Waals surface area (Å²) in [4.78, 5) is 41.9. The average molecular weight is 391 g/mol. The maximum absolute atomic E-state index is 11.9. The molecule has 0 aliphatic heterocycles. The zero-order chi connectivity index (χ0) is 19.1. The van der Waals surface area contributed by atoms with Crippen LogP contribution < -0.4 is 5.32 Å². The molecule has 0 aromatic heterocycles. The second kappa shape index (κ2) is 9.47. The minimum atomic E-state index is -4.69. The molecule has 0 heterocycles. The first-order chi connectivity index (χ1) is 11.5. The molecule has 1 amide bonds. The molecule has 0 spiro atoms. The highest BCUT2D eigenvalue weighted by molar-refractivity contribution is 8.13. The van der Waals surface area contributed by atoms with E-state index < -0.39 is 31.9 Å². The van der Waals surface area contributed by atoms with Crippen LogP contribution in [0.15, 0.2) is 35.2 Å². The lowest BCUT2D eigenvalue weighted by atomic mass is 9.87. The maximum atomic E-state index is 11.9. The highest BCUT2D eigenvalue weighted by Crippen LogP contribution is 2.38. The molecule has 1 rings (SSSR count). The van der Waals surface area contributed by atoms with E-state index in [1.807, 2.05) is 18.2 Å². The molecular formula is C15H22NO7PS. The van der Waals surface area contributed by atoms with E-state index >= 15 is 0 Å². The lowest BCUT2D eigenvalue weighted by Crippen LogP contribution is -2.46. The first kappa shape index (κ1) is 21.8. The van der Waals surface area contributed by atoms with Gasteiger partial charge in [0.05, 0.1) is 6.61 Å². The Morgan fingerprint density at radius 2 is 1.88 bits per heavy atom. The third-order valence-electron chi connectivity index (χ3n) is 3.20. The number of nitrogens with one attached hydrogen (secondary N) is 1. The topological polar surface area (TPSA) is 133 Å². The number of aliphatic hydroxyl groups is 1. The van der Waals surface area contributed by atoms with Crippen LogP contribution in [0.5, 0.6) is 0 Å². The number of aliphatic hydroxyl groups excluding tert-OH is 1. The lowest BCUT2D eigenvalue weighted by molar-refractivity contribution is -0.136. The quantitative estimate of drug-likeness (QED) is 0.366. The number of benzene rings is 1. The molecule has 0 saturated heterocycles. The van der Waals surface area contributed by atoms with Crippen LogP contribution in [0.3, 0.4) is 0 Å². The van der Waals surface area contributed by atoms with Crippen molar-refractivity contribution < 1.29 is 33.6 Å². The largest absolute Gasteiger partial charge is 0.469 e. The van der Waals surface area contributed by atoms with Crippen molar-refractivity contribution in [3.05, 3.63) is 30.3 Å². The van der Waals surface area contributed by atoms with E-state index in [9.17, 15) is 19.3 Å². The zero-order valence-corrected chi connectivity index (χ0v) is 15.6. The number of carbonyl (C=O) groups is 2. The van der Waals surface area contributed by atoms with Crippen molar-refractivity contribution in [2.45, 2.75) is 31.3 Å². The van der Waals surface area contributed by atoms with Crippen LogP contribution in [0, 0.1) is 5.41 Å². The maximum Gasteiger partial charge on any atom is 0.469 e. The predicted molar refractivity (Wildman–Crippen MR) is 92.7 cm³/mol. The van der Waals surface area contributed by atoms with Gasteiger partial charge in [-0.15, -0.1) is 0 Å². The van der Waals surface area contributed by atoms with Crippen molar-refractivity contribution in [2.24, 2.45) is 5.41 Å². The number of rotatable bonds is 9. The van der Waals surface area contributed by atoms with Gasteiger partial charge in [-0.05, 0) is 12.1 Å². The number of hydrogen-bond donors (Lipinski definition) is 4. The van der Waals surface area contributed by atoms with Crippen LogP contribution in [-0.4, -0.2) is 45.2 Å². The Balaban J connectivity index is 2.39. The number of phosphoric acid groups is 1. The lowest BCUT2D eigenvalue weighted by Gasteiger charge is -2.29. The van der Waals surface area contributed by atoms with Gasteiger partial charge in [0.25, 0.3) is 0 Å². The third-order valence-corrected chi connectivity index (χ3v) is 4.60. The van der Waals surface area contributed by atoms with E-state index in [0.717, 1.165) is 16.7 Å². The monoisotopic (exact) mass is 391 g/mol. The summed E-state index contributed by atoms with van der Waals surface area (Å²) in [7, 11) is -4.69. The minimum Gasteiger partial charge on any atom is -0.383 e. The van der Waals surface area contributed by atoms with Crippen molar-refractivity contribution >= 4 is 30.6 Å². The Labute approximate surface area is 150 Å². The summed E-state index contributed by atoms with van der Waals surface area (Å²) in [6.07, 6.45) is -1.46. The molecule has 0 saturated carbocycles. The molecule has 8 nitrogen and oxygen atoms in total. The van der Waals surface area contributed by atoms with Gasteiger partial charge in [0.2, 0.25) is 5.91 Å². The van der Waals surface area contributed by atoms with E-state index in [-0.39, 0.29) is 18.1 Å². The molecule has 140 valence electrons. The van der Waals surface area contributed by atoms with Gasteiger partial charge in [-0.2, -0.15) is 0 Å². The summed E-state index contributed by atoms with van der Waals surface area (Å²) in [5, 5.41) is 12.3. The molecule has 0 fully saturated rings. The van der Waals surface area contributed by atoms with Crippen molar-refractivity contribution in [3.63, 3.8) is 0 Å². The fourth-order valence-electron chi connectivity index (χ4n) is 1.74. The zero-order valence-electron chi connectivity index (χ0n) is 13.9. The van der Waals surface area contributed by atoms with Crippen molar-refractivity contribution in [1.82, 2.24) is 5.32 Å². The van der Waals surface area contributed by atoms with Crippen molar-refractivity contribution in [1.29, 1.82) is 0 Å². The van der Waals surface area contributed by atoms with E-state index in [1.165, 1.54) is 13.8 Å². The van der Waals surface area contributed by atoms with Crippen LogP contribution in [0.1, 0.15) is 20.3 Å². The van der Waals surface area contributed by atoms with E-state index in [2.05, 4.69) is 9.84 Å². The first-order valence-corrected chi connectivity index (χ1v) is 9.77. The fourth-order valence-corrected chi connectivity index (χ4v) is 3.00. The Morgan fingerprint density at radius 1 is 1.28 bits per heavy atom. The molecule has 0 aliphatic carbocycles. The minimum absolute atomic E-state index is 0.0456. The molecule has 1 aromatic carbocycles. The van der Waals surface area contributed by atoms with Crippen LogP contribution in [0.2, 0.25) is 0 Å². The van der Waals surface area contributed by atoms with Gasteiger partial charge in [-0.3, -0.25) is 14.1 Å². The molecule has 25 heavy (non-hydrogen) atoms. The summed E-state index contributed by atoms with van der Waals surface area (Å²) in [6, 6.07) is 9.07. The van der Waals surface area contributed by atoms with Gasteiger partial charge in [-0.1, -0.05) is 43.8 Å². The number of hydrogen-bond acceptors (Lipinski definition) is 6. The van der Waals surface area contributed by atoms with E-state index in [4.69, 9.17) is 9.79 Å². The molecule has 0 unspecified atom stereocenters. The van der Waals surface area contributed by atoms with Crippen LogP contribution >= 0.6 is 19.6 Å². The molecule has 10 heteroatoms. The van der Waals surface area contributed by atoms with Crippen molar-refractivity contribution in [3.8, 4) is 0 Å². The summed E-state index contributed by atoms with van der Waals surface area (Å²) >= 11 is 1.06. The Bertz CT molecular complexity index is 632. The second-order valence-electron chi connectivity index (χ2n) is 5.98. The highest BCUT2D eigenvalue weighted by atomic mass is 32.2. The molecule has 0 bridgehead atoms. The van der Waals surface area contributed by atoms with Crippen molar-refractivity contribution in [2.75, 3.05) is 13.2 Å². The number of thioether (sulfide) groups is 1. The Morgan fingerprint density at radius 3 is 2.44 bits per heavy atom. The summed E-state index contributed by atoms with van der Waals surface area (Å²) in [5.74, 6) is -0.739. The number of phosphoric ester groups is 1. The molecule has 0 radical (unpaired) electrons. The molecule has 4 N–H and O–H groups in total. The van der Waals surface area contributed by atoms with Crippen LogP contribution in [0.4, 0.5) is 0 Å². The average Bonchev–Trinajstić information content (AvgIpc) is 2.52. The van der Waals surface area contributed by atoms with E-state index in [0.29, 0.717) is 0 Å². The third kappa shape index (κ3) is 8.62. The number of carbonyl (C=O) groups excluding carboxylic acids is 2. The predicted octanol–water partition coefficient (Wildman–Crippen LogP) is 1.31.